The van der Waals surface area contributed by atoms with Crippen LogP contribution in [0.3, 0.4) is 0 Å². The Bertz CT molecular complexity index is 158. The molecule has 0 saturated carbocycles. The van der Waals surface area contributed by atoms with Crippen LogP contribution in [0.5, 0.6) is 0 Å². The summed E-state index contributed by atoms with van der Waals surface area (Å²) in [5, 5.41) is 9.23. The molecule has 0 aliphatic carbocycles. The van der Waals surface area contributed by atoms with Crippen molar-refractivity contribution in [2.24, 2.45) is 0 Å². The molecular weight excluding hydrogens is 248 g/mol. The van der Waals surface area contributed by atoms with Crippen LogP contribution in [0.1, 0.15) is 6.92 Å². The first-order chi connectivity index (χ1) is 7.52. The molecule has 1 atom stereocenters. The van der Waals surface area contributed by atoms with E-state index in [9.17, 15) is 5.11 Å². The Balaban J connectivity index is 5.16. The third-order valence-corrected chi connectivity index (χ3v) is 11.2. The molecule has 0 aromatic heterocycles. The molecule has 0 aromatic carbocycles. The van der Waals surface area contributed by atoms with Gasteiger partial charge in [0, 0.05) is 35.5 Å². The molecule has 0 bridgehead atoms. The normalized spacial score (nSPS) is 15.2. The van der Waals surface area contributed by atoms with E-state index in [0.29, 0.717) is 0 Å². The number of hydrogen-bond donors (Lipinski definition) is 1. The van der Waals surface area contributed by atoms with Crippen molar-refractivity contribution in [3.8, 4) is 0 Å². The van der Waals surface area contributed by atoms with Gasteiger partial charge in [0.25, 0.3) is 0 Å². The lowest BCUT2D eigenvalue weighted by Crippen LogP contribution is -2.61. The van der Waals surface area contributed by atoms with Gasteiger partial charge in [-0.3, -0.25) is 0 Å². The zero-order valence-electron chi connectivity index (χ0n) is 10.8. The molecule has 0 saturated heterocycles. The monoisotopic (exact) mass is 270 g/mol. The topological polar surface area (TPSA) is 66.4 Å². The number of aliphatic hydroxyl groups is 1. The summed E-state index contributed by atoms with van der Waals surface area (Å²) in [5.41, 5.74) is 0. The molecule has 0 rings (SSSR count). The highest BCUT2D eigenvalue weighted by molar-refractivity contribution is 6.85. The van der Waals surface area contributed by atoms with Crippen molar-refractivity contribution in [2.45, 2.75) is 12.1 Å². The molecule has 1 N–H and O–H groups in total. The van der Waals surface area contributed by atoms with E-state index >= 15 is 0 Å². The summed E-state index contributed by atoms with van der Waals surface area (Å²) in [7, 11) is 1.96. The van der Waals surface area contributed by atoms with Crippen LogP contribution in [0, 0.1) is 0 Å². The Kier molecular flexibility index (Phi) is 6.90. The molecule has 6 nitrogen and oxygen atoms in total. The SMILES string of the molecule is CO[Si](CO)(OC)C(C)[Si](OC)(OC)OC. The highest BCUT2D eigenvalue weighted by atomic mass is 28.4. The smallest absolute Gasteiger partial charge is 0.396 e. The summed E-state index contributed by atoms with van der Waals surface area (Å²) in [6.07, 6.45) is -0.175. The third-order valence-electron chi connectivity index (χ3n) is 2.96. The fourth-order valence-corrected chi connectivity index (χ4v) is 8.92. The molecule has 0 amide bonds. The maximum absolute atomic E-state index is 9.46. The lowest BCUT2D eigenvalue weighted by Gasteiger charge is -2.38. The Morgan fingerprint density at radius 3 is 1.44 bits per heavy atom. The quantitative estimate of drug-likeness (QED) is 0.629. The van der Waals surface area contributed by atoms with Crippen LogP contribution in [0.4, 0.5) is 0 Å². The van der Waals surface area contributed by atoms with E-state index in [1.807, 2.05) is 6.92 Å². The summed E-state index contributed by atoms with van der Waals surface area (Å²) in [4.78, 5) is 0. The van der Waals surface area contributed by atoms with Crippen molar-refractivity contribution in [3.63, 3.8) is 0 Å². The number of hydrogen-bond acceptors (Lipinski definition) is 6. The predicted molar refractivity (Wildman–Crippen MR) is 63.1 cm³/mol. The maximum atomic E-state index is 9.46. The van der Waals surface area contributed by atoms with Gasteiger partial charge in [-0.15, -0.1) is 0 Å². The average Bonchev–Trinajstić information content (AvgIpc) is 2.35. The van der Waals surface area contributed by atoms with Crippen molar-refractivity contribution in [3.05, 3.63) is 0 Å². The van der Waals surface area contributed by atoms with E-state index < -0.39 is 17.4 Å². The molecule has 1 unspecified atom stereocenters. The van der Waals surface area contributed by atoms with E-state index in [-0.39, 0.29) is 11.4 Å². The standard InChI is InChI=1S/C8H22O6Si2/c1-8(15(7-9,10-2)11-3)16(12-4,13-5)14-6/h8-9H,7H2,1-6H3. The van der Waals surface area contributed by atoms with E-state index in [1.54, 1.807) is 0 Å². The second-order valence-electron chi connectivity index (χ2n) is 3.32. The Hall–Kier alpha value is 0.194. The number of aliphatic hydroxyl groups excluding tert-OH is 1. The minimum Gasteiger partial charge on any atom is -0.396 e. The van der Waals surface area contributed by atoms with Crippen LogP contribution < -0.4 is 0 Å². The van der Waals surface area contributed by atoms with Crippen LogP contribution in [0.2, 0.25) is 5.16 Å². The van der Waals surface area contributed by atoms with Gasteiger partial charge in [-0.25, -0.2) is 0 Å². The first-order valence-corrected chi connectivity index (χ1v) is 8.79. The van der Waals surface area contributed by atoms with Gasteiger partial charge in [0.15, 0.2) is 0 Å². The van der Waals surface area contributed by atoms with Gasteiger partial charge in [0.2, 0.25) is 0 Å². The Morgan fingerprint density at radius 2 is 1.25 bits per heavy atom. The highest BCUT2D eigenvalue weighted by Gasteiger charge is 2.59. The molecule has 0 radical (unpaired) electrons. The third kappa shape index (κ3) is 2.71. The molecule has 0 spiro atoms. The van der Waals surface area contributed by atoms with Gasteiger partial charge in [-0.05, 0) is 0 Å². The van der Waals surface area contributed by atoms with Crippen LogP contribution in [-0.4, -0.2) is 64.3 Å². The second-order valence-corrected chi connectivity index (χ2v) is 10.8. The zero-order valence-corrected chi connectivity index (χ0v) is 12.8. The lowest BCUT2D eigenvalue weighted by atomic mass is 10.9. The first kappa shape index (κ1) is 16.2. The second kappa shape index (κ2) is 6.81. The van der Waals surface area contributed by atoms with Crippen molar-refractivity contribution in [1.29, 1.82) is 0 Å². The van der Waals surface area contributed by atoms with E-state index in [4.69, 9.17) is 22.1 Å². The largest absolute Gasteiger partial charge is 0.505 e. The predicted octanol–water partition coefficient (Wildman–Crippen LogP) is 0.0603. The molecule has 0 heterocycles. The first-order valence-electron chi connectivity index (χ1n) is 4.89. The van der Waals surface area contributed by atoms with Crippen LogP contribution in [0.15, 0.2) is 0 Å². The van der Waals surface area contributed by atoms with E-state index in [2.05, 4.69) is 0 Å². The van der Waals surface area contributed by atoms with Gasteiger partial charge in [-0.1, -0.05) is 6.92 Å². The minimum atomic E-state index is -2.87. The molecule has 0 aliphatic rings. The van der Waals surface area contributed by atoms with Gasteiger partial charge in [-0.2, -0.15) is 0 Å². The number of rotatable bonds is 8. The summed E-state index contributed by atoms with van der Waals surface area (Å²) in [6, 6.07) is 0. The van der Waals surface area contributed by atoms with Gasteiger partial charge < -0.3 is 27.2 Å². The van der Waals surface area contributed by atoms with Crippen LogP contribution in [0.25, 0.3) is 0 Å². The summed E-state index contributed by atoms with van der Waals surface area (Å²) in [5.74, 6) is 0. The van der Waals surface area contributed by atoms with Crippen molar-refractivity contribution in [1.82, 2.24) is 0 Å². The Labute approximate surface area is 99.0 Å². The van der Waals surface area contributed by atoms with Crippen LogP contribution in [-0.2, 0) is 22.1 Å². The highest BCUT2D eigenvalue weighted by Crippen LogP contribution is 2.33. The lowest BCUT2D eigenvalue weighted by molar-refractivity contribution is 0.107. The minimum absolute atomic E-state index is 0.175. The van der Waals surface area contributed by atoms with Gasteiger partial charge in [0.05, 0.1) is 11.4 Å². The summed E-state index contributed by atoms with van der Waals surface area (Å²) >= 11 is 0. The maximum Gasteiger partial charge on any atom is 0.505 e. The molecule has 0 aromatic rings. The summed E-state index contributed by atoms with van der Waals surface area (Å²) < 4.78 is 26.8. The molecule has 16 heavy (non-hydrogen) atoms. The van der Waals surface area contributed by atoms with Crippen LogP contribution >= 0.6 is 0 Å². The van der Waals surface area contributed by atoms with Crippen molar-refractivity contribution >= 4 is 17.4 Å². The summed E-state index contributed by atoms with van der Waals surface area (Å²) in [6.45, 7) is 1.86. The fourth-order valence-electron chi connectivity index (χ4n) is 1.75. The van der Waals surface area contributed by atoms with Crippen molar-refractivity contribution < 1.29 is 27.2 Å². The van der Waals surface area contributed by atoms with E-state index in [0.717, 1.165) is 0 Å². The fraction of sp³-hybridized carbons (Fsp3) is 1.00. The van der Waals surface area contributed by atoms with Gasteiger partial charge in [0.1, 0.15) is 0 Å². The molecule has 98 valence electrons. The Morgan fingerprint density at radius 1 is 0.875 bits per heavy atom. The van der Waals surface area contributed by atoms with Gasteiger partial charge >= 0.3 is 17.4 Å². The average molecular weight is 270 g/mol. The van der Waals surface area contributed by atoms with E-state index in [1.165, 1.54) is 35.5 Å². The van der Waals surface area contributed by atoms with Crippen molar-refractivity contribution in [2.75, 3.05) is 41.8 Å². The molecule has 8 heteroatoms. The zero-order chi connectivity index (χ0) is 12.8. The molecule has 0 fully saturated rings. The molecular formula is C8H22O6Si2. The molecule has 0 aliphatic heterocycles.